The first kappa shape index (κ1) is 53.2. The maximum atomic E-state index is 12.8. The molecule has 0 bridgehead atoms. The molecule has 8 nitrogen and oxygen atoms in total. The topological polar surface area (TPSA) is 131 Å². The Bertz CT molecular complexity index is 860. The van der Waals surface area contributed by atoms with Gasteiger partial charge in [0, 0.05) is 13.0 Å². The van der Waals surface area contributed by atoms with E-state index < -0.39 is 20.0 Å². The molecule has 3 atom stereocenters. The number of hydrogen-bond donors (Lipinski definition) is 4. The summed E-state index contributed by atoms with van der Waals surface area (Å²) >= 11 is 0. The van der Waals surface area contributed by atoms with Crippen molar-refractivity contribution in [3.05, 3.63) is 12.2 Å². The van der Waals surface area contributed by atoms with Gasteiger partial charge in [-0.1, -0.05) is 225 Å². The smallest absolute Gasteiger partial charge is 0.387 e. The van der Waals surface area contributed by atoms with Crippen LogP contribution in [0.1, 0.15) is 239 Å². The highest BCUT2D eigenvalue weighted by molar-refractivity contribution is 7.47. The predicted molar refractivity (Wildman–Crippen MR) is 231 cm³/mol. The van der Waals surface area contributed by atoms with Crippen molar-refractivity contribution in [3.63, 3.8) is 0 Å². The molecule has 0 aromatic rings. The maximum absolute atomic E-state index is 12.8. The lowest BCUT2D eigenvalue weighted by Crippen LogP contribution is -2.45. The van der Waals surface area contributed by atoms with Crippen molar-refractivity contribution >= 4 is 13.7 Å². The van der Waals surface area contributed by atoms with Crippen LogP contribution in [0, 0.1) is 0 Å². The number of aliphatic hydroxyl groups excluding tert-OH is 1. The summed E-state index contributed by atoms with van der Waals surface area (Å²) in [6, 6.07) is -0.854. The Hall–Kier alpha value is -0.760. The monoisotopic (exact) mass is 787 g/mol. The second-order valence-corrected chi connectivity index (χ2v) is 17.4. The normalized spacial score (nSPS) is 14.1. The van der Waals surface area contributed by atoms with Gasteiger partial charge in [0.2, 0.25) is 5.91 Å². The van der Waals surface area contributed by atoms with Crippen LogP contribution in [-0.4, -0.2) is 47.8 Å². The second kappa shape index (κ2) is 41.9. The summed E-state index contributed by atoms with van der Waals surface area (Å²) in [5.74, 6) is -0.190. The van der Waals surface area contributed by atoms with E-state index in [-0.39, 0.29) is 25.7 Å². The quantitative estimate of drug-likeness (QED) is 0.0275. The van der Waals surface area contributed by atoms with Crippen molar-refractivity contribution in [2.75, 3.05) is 19.8 Å². The lowest BCUT2D eigenvalue weighted by Gasteiger charge is -2.23. The van der Waals surface area contributed by atoms with Gasteiger partial charge in [0.1, 0.15) is 0 Å². The van der Waals surface area contributed by atoms with Crippen LogP contribution < -0.4 is 11.1 Å². The third kappa shape index (κ3) is 39.5. The van der Waals surface area contributed by atoms with Crippen LogP contribution in [0.15, 0.2) is 12.2 Å². The Morgan fingerprint density at radius 2 is 0.944 bits per heavy atom. The summed E-state index contributed by atoms with van der Waals surface area (Å²) in [4.78, 5) is 22.7. The fourth-order valence-corrected chi connectivity index (χ4v) is 7.83. The predicted octanol–water partition coefficient (Wildman–Crippen LogP) is 13.2. The molecule has 0 heterocycles. The molecule has 0 aliphatic rings. The zero-order valence-corrected chi connectivity index (χ0v) is 36.6. The highest BCUT2D eigenvalue weighted by Gasteiger charge is 2.26. The average molecular weight is 787 g/mol. The average Bonchev–Trinajstić information content (AvgIpc) is 3.16. The molecule has 9 heteroatoms. The second-order valence-electron chi connectivity index (χ2n) is 16.0. The number of rotatable bonds is 44. The molecule has 0 radical (unpaired) electrons. The molecule has 0 spiro atoms. The summed E-state index contributed by atoms with van der Waals surface area (Å²) in [5, 5.41) is 13.7. The van der Waals surface area contributed by atoms with Crippen molar-refractivity contribution in [1.29, 1.82) is 0 Å². The number of nitrogens with one attached hydrogen (secondary N) is 1. The summed E-state index contributed by atoms with van der Waals surface area (Å²) in [7, 11) is -4.33. The molecule has 0 aromatic heterocycles. The van der Waals surface area contributed by atoms with Crippen molar-refractivity contribution in [1.82, 2.24) is 5.32 Å². The minimum Gasteiger partial charge on any atom is -0.387 e. The number of aliphatic hydroxyl groups is 1. The molecule has 0 aromatic carbocycles. The summed E-state index contributed by atoms with van der Waals surface area (Å²) in [6.45, 7) is 4.16. The van der Waals surface area contributed by atoms with Crippen molar-refractivity contribution in [2.24, 2.45) is 5.73 Å². The van der Waals surface area contributed by atoms with Crippen LogP contribution in [0.3, 0.4) is 0 Å². The van der Waals surface area contributed by atoms with E-state index in [0.717, 1.165) is 38.5 Å². The van der Waals surface area contributed by atoms with Crippen LogP contribution in [-0.2, 0) is 18.4 Å². The Balaban J connectivity index is 4.06. The molecule has 5 N–H and O–H groups in total. The summed E-state index contributed by atoms with van der Waals surface area (Å²) < 4.78 is 22.1. The molecular formula is C45H91N2O6P. The first-order chi connectivity index (χ1) is 26.4. The minimum atomic E-state index is -4.33. The van der Waals surface area contributed by atoms with Crippen molar-refractivity contribution < 1.29 is 28.4 Å². The first-order valence-electron chi connectivity index (χ1n) is 23.3. The van der Waals surface area contributed by atoms with E-state index in [1.807, 2.05) is 6.08 Å². The van der Waals surface area contributed by atoms with Gasteiger partial charge in [0.25, 0.3) is 0 Å². The van der Waals surface area contributed by atoms with E-state index in [2.05, 4.69) is 19.2 Å². The van der Waals surface area contributed by atoms with Gasteiger partial charge in [-0.15, -0.1) is 0 Å². The lowest BCUT2D eigenvalue weighted by molar-refractivity contribution is -0.123. The molecule has 54 heavy (non-hydrogen) atoms. The Morgan fingerprint density at radius 1 is 0.593 bits per heavy atom. The molecule has 0 saturated heterocycles. The number of unbranched alkanes of at least 4 members (excludes halogenated alkanes) is 32. The van der Waals surface area contributed by atoms with Crippen LogP contribution in [0.25, 0.3) is 0 Å². The molecule has 0 fully saturated rings. The van der Waals surface area contributed by atoms with Crippen LogP contribution >= 0.6 is 7.82 Å². The number of phosphoric acid groups is 1. The van der Waals surface area contributed by atoms with Gasteiger partial charge in [-0.05, 0) is 19.3 Å². The van der Waals surface area contributed by atoms with Crippen LogP contribution in [0.4, 0.5) is 0 Å². The molecule has 0 saturated carbocycles. The van der Waals surface area contributed by atoms with E-state index >= 15 is 0 Å². The largest absolute Gasteiger partial charge is 0.472 e. The SMILES string of the molecule is CCCCCCCCCCCCC/C=C/[C@@H](O)[C@H](COP(=O)(O)OCCN)NC(=O)CCCCCCCCCCCCCCCCCCCCCCCC. The number of phosphoric ester groups is 1. The Kier molecular flexibility index (Phi) is 41.3. The highest BCUT2D eigenvalue weighted by Crippen LogP contribution is 2.43. The Labute approximate surface area is 335 Å². The summed E-state index contributed by atoms with van der Waals surface area (Å²) in [5.41, 5.74) is 5.38. The number of amides is 1. The number of carbonyl (C=O) groups is 1. The molecule has 0 aliphatic heterocycles. The van der Waals surface area contributed by atoms with Gasteiger partial charge in [-0.2, -0.15) is 0 Å². The van der Waals surface area contributed by atoms with Crippen LogP contribution in [0.5, 0.6) is 0 Å². The zero-order valence-electron chi connectivity index (χ0n) is 35.7. The molecule has 0 rings (SSSR count). The van der Waals surface area contributed by atoms with Gasteiger partial charge < -0.3 is 21.1 Å². The van der Waals surface area contributed by atoms with Gasteiger partial charge in [0.05, 0.1) is 25.4 Å². The van der Waals surface area contributed by atoms with Gasteiger partial charge in [0.15, 0.2) is 0 Å². The standard InChI is InChI=1S/C45H91N2O6P/c1-3-5-7-9-11-13-15-17-18-19-20-21-22-23-24-25-27-29-31-33-35-37-39-45(49)47-43(42-53-54(50,51)52-41-40-46)44(48)38-36-34-32-30-28-26-16-14-12-10-8-6-4-2/h36,38,43-44,48H,3-35,37,39-42,46H2,1-2H3,(H,47,49)(H,50,51)/b38-36+/t43-,44+/m0/s1. The molecule has 0 aliphatic carbocycles. The zero-order chi connectivity index (χ0) is 39.6. The van der Waals surface area contributed by atoms with Crippen molar-refractivity contribution in [2.45, 2.75) is 251 Å². The molecular weight excluding hydrogens is 695 g/mol. The van der Waals surface area contributed by atoms with E-state index in [9.17, 15) is 19.4 Å². The third-order valence-corrected chi connectivity index (χ3v) is 11.6. The first-order valence-corrected chi connectivity index (χ1v) is 24.8. The molecule has 322 valence electrons. The maximum Gasteiger partial charge on any atom is 0.472 e. The summed E-state index contributed by atoms with van der Waals surface area (Å²) in [6.07, 6.45) is 47.0. The van der Waals surface area contributed by atoms with Gasteiger partial charge in [-0.25, -0.2) is 4.57 Å². The number of nitrogens with two attached hydrogens (primary N) is 1. The van der Waals surface area contributed by atoms with Crippen molar-refractivity contribution in [3.8, 4) is 0 Å². The van der Waals surface area contributed by atoms with Crippen LogP contribution in [0.2, 0.25) is 0 Å². The minimum absolute atomic E-state index is 0.0814. The van der Waals surface area contributed by atoms with E-state index in [1.54, 1.807) is 6.08 Å². The van der Waals surface area contributed by atoms with E-state index in [4.69, 9.17) is 14.8 Å². The number of allylic oxidation sites excluding steroid dienone is 1. The van der Waals surface area contributed by atoms with E-state index in [1.165, 1.54) is 180 Å². The fraction of sp³-hybridized carbons (Fsp3) is 0.933. The van der Waals surface area contributed by atoms with E-state index in [0.29, 0.717) is 6.42 Å². The Morgan fingerprint density at radius 3 is 1.31 bits per heavy atom. The van der Waals surface area contributed by atoms with Gasteiger partial charge in [-0.3, -0.25) is 13.8 Å². The number of carbonyl (C=O) groups excluding carboxylic acids is 1. The van der Waals surface area contributed by atoms with Gasteiger partial charge >= 0.3 is 7.82 Å². The molecule has 1 unspecified atom stereocenters. The lowest BCUT2D eigenvalue weighted by atomic mass is 10.0. The molecule has 1 amide bonds. The third-order valence-electron chi connectivity index (χ3n) is 10.6. The fourth-order valence-electron chi connectivity index (χ4n) is 7.07. The highest BCUT2D eigenvalue weighted by atomic mass is 31.2. The number of hydrogen-bond acceptors (Lipinski definition) is 6.